The van der Waals surface area contributed by atoms with Crippen LogP contribution >= 0.6 is 11.3 Å². The minimum absolute atomic E-state index is 0.00710. The molecule has 0 saturated heterocycles. The summed E-state index contributed by atoms with van der Waals surface area (Å²) in [4.78, 5) is 24.8. The van der Waals surface area contributed by atoms with Gasteiger partial charge in [-0.2, -0.15) is 0 Å². The van der Waals surface area contributed by atoms with Crippen LogP contribution in [-0.2, 0) is 4.79 Å². The van der Waals surface area contributed by atoms with Gasteiger partial charge in [0.15, 0.2) is 6.29 Å². The molecule has 0 saturated carbocycles. The highest BCUT2D eigenvalue weighted by molar-refractivity contribution is 7.18. The quantitative estimate of drug-likeness (QED) is 0.487. The number of hydrogen-bond acceptors (Lipinski definition) is 6. The van der Waals surface area contributed by atoms with Gasteiger partial charge in [0.2, 0.25) is 5.13 Å². The molecule has 0 radical (unpaired) electrons. The van der Waals surface area contributed by atoms with E-state index in [-0.39, 0.29) is 12.2 Å². The van der Waals surface area contributed by atoms with E-state index in [4.69, 9.17) is 4.74 Å². The van der Waals surface area contributed by atoms with Crippen LogP contribution in [0.25, 0.3) is 10.6 Å². The standard InChI is InChI=1S/C21H20FN3O3S/c1-2-3-12-25(20(27)17-6-4-5-7-18(17)22)21-24-23-19(29-21)15-8-10-16(11-9-15)28-14-13-26/h4-11,13H,2-3,12,14H2,1H3. The highest BCUT2D eigenvalue weighted by atomic mass is 32.1. The second-order valence-corrected chi connectivity index (χ2v) is 7.14. The van der Waals surface area contributed by atoms with Crippen molar-refractivity contribution in [2.75, 3.05) is 18.1 Å². The number of aldehydes is 1. The molecule has 0 unspecified atom stereocenters. The van der Waals surface area contributed by atoms with Gasteiger partial charge in [0.05, 0.1) is 5.56 Å². The Morgan fingerprint density at radius 1 is 1.17 bits per heavy atom. The van der Waals surface area contributed by atoms with Gasteiger partial charge >= 0.3 is 0 Å². The maximum absolute atomic E-state index is 14.1. The molecule has 0 N–H and O–H groups in total. The predicted octanol–water partition coefficient (Wildman–Crippen LogP) is 4.37. The smallest absolute Gasteiger partial charge is 0.263 e. The second kappa shape index (κ2) is 9.88. The Morgan fingerprint density at radius 2 is 1.93 bits per heavy atom. The minimum atomic E-state index is -0.561. The summed E-state index contributed by atoms with van der Waals surface area (Å²) in [5, 5.41) is 9.41. The van der Waals surface area contributed by atoms with Crippen molar-refractivity contribution in [2.24, 2.45) is 0 Å². The van der Waals surface area contributed by atoms with Crippen LogP contribution in [-0.4, -0.2) is 35.5 Å². The van der Waals surface area contributed by atoms with Crippen LogP contribution in [0.3, 0.4) is 0 Å². The van der Waals surface area contributed by atoms with E-state index in [9.17, 15) is 14.0 Å². The van der Waals surface area contributed by atoms with Gasteiger partial charge in [0.1, 0.15) is 23.2 Å². The number of halogens is 1. The Bertz CT molecular complexity index is 975. The summed E-state index contributed by atoms with van der Waals surface area (Å²) >= 11 is 1.26. The molecule has 29 heavy (non-hydrogen) atoms. The molecule has 1 amide bonds. The molecule has 2 aromatic carbocycles. The fourth-order valence-corrected chi connectivity index (χ4v) is 3.52. The van der Waals surface area contributed by atoms with Crippen molar-refractivity contribution in [1.29, 1.82) is 0 Å². The molecule has 6 nitrogen and oxygen atoms in total. The fourth-order valence-electron chi connectivity index (χ4n) is 2.65. The highest BCUT2D eigenvalue weighted by Crippen LogP contribution is 2.31. The fraction of sp³-hybridized carbons (Fsp3) is 0.238. The first-order valence-corrected chi connectivity index (χ1v) is 10.0. The van der Waals surface area contributed by atoms with Crippen molar-refractivity contribution in [3.8, 4) is 16.3 Å². The third kappa shape index (κ3) is 5.03. The Morgan fingerprint density at radius 3 is 2.62 bits per heavy atom. The van der Waals surface area contributed by atoms with Gasteiger partial charge in [-0.15, -0.1) is 10.2 Å². The Kier molecular flexibility index (Phi) is 7.02. The van der Waals surface area contributed by atoms with Crippen molar-refractivity contribution < 1.29 is 18.7 Å². The van der Waals surface area contributed by atoms with Gasteiger partial charge < -0.3 is 4.74 Å². The number of benzene rings is 2. The van der Waals surface area contributed by atoms with E-state index in [1.165, 1.54) is 28.4 Å². The summed E-state index contributed by atoms with van der Waals surface area (Å²) in [5.74, 6) is -0.420. The van der Waals surface area contributed by atoms with Gasteiger partial charge in [-0.05, 0) is 42.8 Å². The summed E-state index contributed by atoms with van der Waals surface area (Å²) in [7, 11) is 0. The van der Waals surface area contributed by atoms with E-state index in [0.717, 1.165) is 18.4 Å². The lowest BCUT2D eigenvalue weighted by Gasteiger charge is -2.19. The first-order valence-electron chi connectivity index (χ1n) is 9.20. The average Bonchev–Trinajstić information content (AvgIpc) is 3.23. The molecule has 8 heteroatoms. The lowest BCUT2D eigenvalue weighted by atomic mass is 10.2. The van der Waals surface area contributed by atoms with E-state index in [1.54, 1.807) is 36.4 Å². The molecule has 0 bridgehead atoms. The summed E-state index contributed by atoms with van der Waals surface area (Å²) in [6.45, 7) is 2.44. The van der Waals surface area contributed by atoms with Crippen molar-refractivity contribution in [3.63, 3.8) is 0 Å². The van der Waals surface area contributed by atoms with Crippen LogP contribution < -0.4 is 9.64 Å². The van der Waals surface area contributed by atoms with E-state index >= 15 is 0 Å². The molecule has 150 valence electrons. The van der Waals surface area contributed by atoms with Gasteiger partial charge in [-0.1, -0.05) is 36.8 Å². The maximum atomic E-state index is 14.1. The molecular weight excluding hydrogens is 393 g/mol. The molecule has 0 aliphatic carbocycles. The zero-order chi connectivity index (χ0) is 20.6. The Labute approximate surface area is 172 Å². The topological polar surface area (TPSA) is 72.4 Å². The molecule has 1 aromatic heterocycles. The number of carbonyl (C=O) groups excluding carboxylic acids is 2. The summed E-state index contributed by atoms with van der Waals surface area (Å²) < 4.78 is 19.4. The Balaban J connectivity index is 1.85. The van der Waals surface area contributed by atoms with Crippen LogP contribution in [0.5, 0.6) is 5.75 Å². The van der Waals surface area contributed by atoms with Crippen LogP contribution in [0.4, 0.5) is 9.52 Å². The van der Waals surface area contributed by atoms with Crippen LogP contribution in [0.15, 0.2) is 48.5 Å². The number of ether oxygens (including phenoxy) is 1. The van der Waals surface area contributed by atoms with E-state index in [1.807, 2.05) is 6.92 Å². The van der Waals surface area contributed by atoms with E-state index in [0.29, 0.717) is 28.7 Å². The SMILES string of the molecule is CCCCN(C(=O)c1ccccc1F)c1nnc(-c2ccc(OCC=O)cc2)s1. The molecule has 3 aromatic rings. The summed E-state index contributed by atoms with van der Waals surface area (Å²) in [6, 6.07) is 13.0. The van der Waals surface area contributed by atoms with Gasteiger partial charge in [0.25, 0.3) is 5.91 Å². The van der Waals surface area contributed by atoms with Crippen molar-refractivity contribution in [3.05, 3.63) is 59.9 Å². The minimum Gasteiger partial charge on any atom is -0.486 e. The number of amides is 1. The molecule has 0 aliphatic rings. The zero-order valence-electron chi connectivity index (χ0n) is 15.9. The molecule has 3 rings (SSSR count). The lowest BCUT2D eigenvalue weighted by Crippen LogP contribution is -2.32. The number of nitrogens with zero attached hydrogens (tertiary/aromatic N) is 3. The zero-order valence-corrected chi connectivity index (χ0v) is 16.7. The number of rotatable bonds is 9. The summed E-state index contributed by atoms with van der Waals surface area (Å²) in [5.41, 5.74) is 0.818. The normalized spacial score (nSPS) is 10.6. The number of anilines is 1. The van der Waals surface area contributed by atoms with Crippen molar-refractivity contribution in [2.45, 2.75) is 19.8 Å². The molecule has 1 heterocycles. The maximum Gasteiger partial charge on any atom is 0.263 e. The Hall–Kier alpha value is -3.13. The number of unbranched alkanes of at least 4 members (excludes halogenated alkanes) is 1. The number of carbonyl (C=O) groups is 2. The van der Waals surface area contributed by atoms with Gasteiger partial charge in [0, 0.05) is 12.1 Å². The van der Waals surface area contributed by atoms with Crippen LogP contribution in [0.1, 0.15) is 30.1 Å². The monoisotopic (exact) mass is 413 g/mol. The molecule has 0 fully saturated rings. The average molecular weight is 413 g/mol. The lowest BCUT2D eigenvalue weighted by molar-refractivity contribution is -0.109. The molecule has 0 spiro atoms. The predicted molar refractivity (Wildman–Crippen MR) is 110 cm³/mol. The second-order valence-electron chi connectivity index (χ2n) is 6.18. The number of aromatic nitrogens is 2. The first kappa shape index (κ1) is 20.6. The molecular formula is C21H20FN3O3S. The van der Waals surface area contributed by atoms with Crippen molar-refractivity contribution >= 4 is 28.7 Å². The third-order valence-corrected chi connectivity index (χ3v) is 5.14. The van der Waals surface area contributed by atoms with Gasteiger partial charge in [-0.25, -0.2) is 4.39 Å². The third-order valence-electron chi connectivity index (χ3n) is 4.15. The van der Waals surface area contributed by atoms with Crippen molar-refractivity contribution in [1.82, 2.24) is 10.2 Å². The molecule has 0 atom stereocenters. The van der Waals surface area contributed by atoms with Gasteiger partial charge in [-0.3, -0.25) is 14.5 Å². The first-order chi connectivity index (χ1) is 14.1. The number of hydrogen-bond donors (Lipinski definition) is 0. The van der Waals surface area contributed by atoms with Crippen LogP contribution in [0.2, 0.25) is 0 Å². The van der Waals surface area contributed by atoms with Crippen LogP contribution in [0, 0.1) is 5.82 Å². The molecule has 0 aliphatic heterocycles. The largest absolute Gasteiger partial charge is 0.486 e. The summed E-state index contributed by atoms with van der Waals surface area (Å²) in [6.07, 6.45) is 2.33. The van der Waals surface area contributed by atoms with E-state index < -0.39 is 11.7 Å². The highest BCUT2D eigenvalue weighted by Gasteiger charge is 2.23. The van der Waals surface area contributed by atoms with E-state index in [2.05, 4.69) is 10.2 Å².